The van der Waals surface area contributed by atoms with Crippen LogP contribution < -0.4 is 10.6 Å². The molecule has 0 fully saturated rings. The van der Waals surface area contributed by atoms with Gasteiger partial charge in [-0.2, -0.15) is 0 Å². The monoisotopic (exact) mass is 489 g/mol. The van der Waals surface area contributed by atoms with Crippen molar-refractivity contribution in [1.29, 1.82) is 0 Å². The molecule has 0 saturated heterocycles. The maximum Gasteiger partial charge on any atom is 0.223 e. The van der Waals surface area contributed by atoms with Gasteiger partial charge in [-0.1, -0.05) is 29.8 Å². The number of anilines is 2. The second-order valence-electron chi connectivity index (χ2n) is 8.61. The van der Waals surface area contributed by atoms with Crippen molar-refractivity contribution in [2.75, 3.05) is 37.8 Å². The van der Waals surface area contributed by atoms with Crippen molar-refractivity contribution in [2.24, 2.45) is 4.99 Å². The largest absolute Gasteiger partial charge is 0.494 e. The first-order valence-corrected chi connectivity index (χ1v) is 11.6. The molecule has 4 aromatic rings. The molecular weight excluding hydrogens is 462 g/mol. The maximum absolute atomic E-state index is 12.2. The number of hydrogen-bond acceptors (Lipinski definition) is 5. The first-order chi connectivity index (χ1) is 16.7. The number of aromatic amines is 1. The maximum atomic E-state index is 12.2. The van der Waals surface area contributed by atoms with Gasteiger partial charge in [-0.05, 0) is 62.6 Å². The molecule has 0 spiro atoms. The zero-order valence-electron chi connectivity index (χ0n) is 19.9. The lowest BCUT2D eigenvalue weighted by atomic mass is 10.0. The second kappa shape index (κ2) is 10.2. The van der Waals surface area contributed by atoms with E-state index >= 15 is 0 Å². The summed E-state index contributed by atoms with van der Waals surface area (Å²) in [7, 11) is 3.95. The molecule has 1 heterocycles. The first kappa shape index (κ1) is 24.3. The van der Waals surface area contributed by atoms with E-state index in [1.54, 1.807) is 36.1 Å². The Labute approximate surface area is 209 Å². The minimum absolute atomic E-state index is 0.000835. The predicted molar refractivity (Wildman–Crippen MR) is 144 cm³/mol. The molecule has 0 aliphatic heterocycles. The molecule has 3 aromatic carbocycles. The molecule has 0 saturated carbocycles. The third-order valence-corrected chi connectivity index (χ3v) is 5.95. The van der Waals surface area contributed by atoms with E-state index in [4.69, 9.17) is 22.3 Å². The number of aromatic nitrogens is 1. The second-order valence-corrected chi connectivity index (χ2v) is 9.05. The van der Waals surface area contributed by atoms with Crippen LogP contribution in [-0.2, 0) is 4.79 Å². The zero-order chi connectivity index (χ0) is 25.1. The highest BCUT2D eigenvalue weighted by molar-refractivity contribution is 6.31. The number of nitrogens with one attached hydrogen (secondary N) is 1. The summed E-state index contributed by atoms with van der Waals surface area (Å²) in [6.45, 7) is 2.91. The number of carbonyl (C=O) groups is 1. The molecule has 0 unspecified atom stereocenters. The normalized spacial score (nSPS) is 11.9. The molecule has 0 atom stereocenters. The van der Waals surface area contributed by atoms with E-state index in [2.05, 4.69) is 4.98 Å². The number of nitrogens with zero attached hydrogens (tertiary/aromatic N) is 3. The number of likely N-dealkylation sites (N-methyl/N-ethyl adjacent to an activating group) is 1. The summed E-state index contributed by atoms with van der Waals surface area (Å²) in [6.07, 6.45) is 0. The summed E-state index contributed by atoms with van der Waals surface area (Å²) < 4.78 is 0. The number of H-pyrrole nitrogens is 1. The lowest BCUT2D eigenvalue weighted by Gasteiger charge is -2.23. The van der Waals surface area contributed by atoms with Crippen molar-refractivity contribution in [1.82, 2.24) is 9.88 Å². The third-order valence-electron chi connectivity index (χ3n) is 5.71. The van der Waals surface area contributed by atoms with Crippen LogP contribution in [0.25, 0.3) is 10.9 Å². The van der Waals surface area contributed by atoms with Gasteiger partial charge in [-0.25, -0.2) is 4.99 Å². The lowest BCUT2D eigenvalue weighted by molar-refractivity contribution is -0.116. The Morgan fingerprint density at radius 3 is 2.34 bits per heavy atom. The quantitative estimate of drug-likeness (QED) is 0.245. The number of amides is 1. The highest BCUT2D eigenvalue weighted by atomic mass is 35.5. The molecule has 4 N–H and O–H groups in total. The van der Waals surface area contributed by atoms with Crippen LogP contribution in [-0.4, -0.2) is 53.8 Å². The molecule has 180 valence electrons. The number of nitrogen functional groups attached to an aromatic ring is 1. The van der Waals surface area contributed by atoms with Crippen LogP contribution in [0.3, 0.4) is 0 Å². The molecule has 1 aromatic heterocycles. The Hall–Kier alpha value is -3.81. The number of carbonyl (C=O) groups excluding carboxylic acids is 1. The van der Waals surface area contributed by atoms with Gasteiger partial charge in [0, 0.05) is 47.4 Å². The number of fused-ring (bicyclic) bond motifs is 1. The van der Waals surface area contributed by atoms with Gasteiger partial charge in [0.15, 0.2) is 5.88 Å². The van der Waals surface area contributed by atoms with Crippen LogP contribution in [0, 0.1) is 0 Å². The first-order valence-electron chi connectivity index (χ1n) is 11.2. The summed E-state index contributed by atoms with van der Waals surface area (Å²) >= 11 is 6.15. The van der Waals surface area contributed by atoms with E-state index < -0.39 is 0 Å². The molecule has 35 heavy (non-hydrogen) atoms. The van der Waals surface area contributed by atoms with E-state index in [0.717, 1.165) is 23.2 Å². The summed E-state index contributed by atoms with van der Waals surface area (Å²) in [6, 6.07) is 20.2. The fourth-order valence-electron chi connectivity index (χ4n) is 3.91. The Morgan fingerprint density at radius 1 is 1.03 bits per heavy atom. The minimum atomic E-state index is -0.0203. The third kappa shape index (κ3) is 5.48. The summed E-state index contributed by atoms with van der Waals surface area (Å²) in [5.74, 6) is -0.0195. The molecular formula is C27H28ClN5O2. The molecule has 8 heteroatoms. The van der Waals surface area contributed by atoms with Crippen LogP contribution in [0.5, 0.6) is 5.88 Å². The number of aliphatic imine (C=N–C) groups is 1. The highest BCUT2D eigenvalue weighted by Gasteiger charge is 2.19. The molecule has 1 amide bonds. The number of benzene rings is 3. The van der Waals surface area contributed by atoms with Gasteiger partial charge in [0.05, 0.1) is 22.5 Å². The Morgan fingerprint density at radius 2 is 1.71 bits per heavy atom. The van der Waals surface area contributed by atoms with E-state index in [1.807, 2.05) is 61.5 Å². The molecule has 7 nitrogen and oxygen atoms in total. The SMILES string of the molecule is CC(=O)N(CCN(C)C)c1ccc(N=C(c2ccc(N)cc2)c2c(O)[nH]c3cc(Cl)ccc23)cc1. The van der Waals surface area contributed by atoms with E-state index in [0.29, 0.717) is 39.7 Å². The number of nitrogens with two attached hydrogens (primary N) is 1. The molecule has 0 bridgehead atoms. The summed E-state index contributed by atoms with van der Waals surface area (Å²) in [5.41, 5.74) is 10.7. The van der Waals surface area contributed by atoms with Gasteiger partial charge in [0.2, 0.25) is 5.91 Å². The molecule has 0 radical (unpaired) electrons. The van der Waals surface area contributed by atoms with Crippen LogP contribution in [0.1, 0.15) is 18.1 Å². The van der Waals surface area contributed by atoms with Gasteiger partial charge in [-0.3, -0.25) is 4.79 Å². The summed E-state index contributed by atoms with van der Waals surface area (Å²) in [4.78, 5) is 23.9. The number of halogens is 1. The minimum Gasteiger partial charge on any atom is -0.494 e. The van der Waals surface area contributed by atoms with Gasteiger partial charge < -0.3 is 25.6 Å². The topological polar surface area (TPSA) is 98.0 Å². The molecule has 4 rings (SSSR count). The predicted octanol–water partition coefficient (Wildman–Crippen LogP) is 5.19. The van der Waals surface area contributed by atoms with Gasteiger partial charge in [-0.15, -0.1) is 0 Å². The van der Waals surface area contributed by atoms with Gasteiger partial charge in [0.25, 0.3) is 0 Å². The zero-order valence-corrected chi connectivity index (χ0v) is 20.7. The average Bonchev–Trinajstić information content (AvgIpc) is 3.13. The average molecular weight is 490 g/mol. The van der Waals surface area contributed by atoms with Crippen molar-refractivity contribution in [3.05, 3.63) is 82.9 Å². The van der Waals surface area contributed by atoms with Gasteiger partial charge in [0.1, 0.15) is 0 Å². The van der Waals surface area contributed by atoms with Crippen molar-refractivity contribution in [2.45, 2.75) is 6.92 Å². The standard InChI is InChI=1S/C27H28ClN5O2/c1-17(34)33(15-14-32(2)3)22-11-9-21(10-12-22)30-26(18-4-7-20(29)8-5-18)25-23-13-6-19(28)16-24(23)31-27(25)35/h4-13,16,31,35H,14-15,29H2,1-3H3. The molecule has 0 aliphatic carbocycles. The van der Waals surface area contributed by atoms with Crippen LogP contribution in [0.2, 0.25) is 5.02 Å². The van der Waals surface area contributed by atoms with E-state index in [9.17, 15) is 9.90 Å². The fourth-order valence-corrected chi connectivity index (χ4v) is 4.08. The van der Waals surface area contributed by atoms with Crippen LogP contribution in [0.4, 0.5) is 17.1 Å². The number of aromatic hydroxyl groups is 1. The Bertz CT molecular complexity index is 1380. The highest BCUT2D eigenvalue weighted by Crippen LogP contribution is 2.33. The number of rotatable bonds is 7. The molecule has 0 aliphatic rings. The van der Waals surface area contributed by atoms with E-state index in [1.165, 1.54) is 0 Å². The van der Waals surface area contributed by atoms with Crippen molar-refractivity contribution in [3.63, 3.8) is 0 Å². The van der Waals surface area contributed by atoms with E-state index in [-0.39, 0.29) is 11.8 Å². The fraction of sp³-hybridized carbons (Fsp3) is 0.185. The Kier molecular flexibility index (Phi) is 7.10. The number of hydrogen-bond donors (Lipinski definition) is 3. The van der Waals surface area contributed by atoms with Crippen molar-refractivity contribution >= 4 is 51.2 Å². The van der Waals surface area contributed by atoms with Crippen LogP contribution >= 0.6 is 11.6 Å². The van der Waals surface area contributed by atoms with Crippen LogP contribution in [0.15, 0.2) is 71.7 Å². The van der Waals surface area contributed by atoms with Crippen molar-refractivity contribution in [3.8, 4) is 5.88 Å². The summed E-state index contributed by atoms with van der Waals surface area (Å²) in [5, 5.41) is 12.2. The van der Waals surface area contributed by atoms with Gasteiger partial charge >= 0.3 is 0 Å². The lowest BCUT2D eigenvalue weighted by Crippen LogP contribution is -2.35. The smallest absolute Gasteiger partial charge is 0.223 e. The Balaban J connectivity index is 1.79. The van der Waals surface area contributed by atoms with Crippen molar-refractivity contribution < 1.29 is 9.90 Å².